The molecule has 1 aromatic rings. The van der Waals surface area contributed by atoms with Crippen molar-refractivity contribution in [2.24, 2.45) is 0 Å². The van der Waals surface area contributed by atoms with Crippen molar-refractivity contribution in [1.29, 1.82) is 5.26 Å². The van der Waals surface area contributed by atoms with Gasteiger partial charge in [-0.05, 0) is 37.8 Å². The fourth-order valence-electron chi connectivity index (χ4n) is 2.78. The molecule has 1 aliphatic heterocycles. The number of carbonyl (C=O) groups excluding carboxylic acids is 1. The third-order valence-electron chi connectivity index (χ3n) is 3.83. The fourth-order valence-corrected chi connectivity index (χ4v) is 2.78. The second kappa shape index (κ2) is 5.04. The lowest BCUT2D eigenvalue weighted by Gasteiger charge is -2.24. The van der Waals surface area contributed by atoms with Gasteiger partial charge >= 0.3 is 0 Å². The monoisotopic (exact) mass is 272 g/mol. The first-order chi connectivity index (χ1) is 9.74. The number of nitriles is 1. The summed E-state index contributed by atoms with van der Waals surface area (Å²) in [6.07, 6.45) is 3.37. The van der Waals surface area contributed by atoms with E-state index >= 15 is 0 Å². The third kappa shape index (κ3) is 2.18. The number of rotatable bonds is 2. The van der Waals surface area contributed by atoms with Crippen LogP contribution in [-0.4, -0.2) is 24.7 Å². The molecule has 20 heavy (non-hydrogen) atoms. The lowest BCUT2D eigenvalue weighted by molar-refractivity contribution is 0.0909. The van der Waals surface area contributed by atoms with Crippen LogP contribution in [0.5, 0.6) is 11.5 Å². The molecule has 0 saturated heterocycles. The molecule has 0 atom stereocenters. The zero-order chi connectivity index (χ0) is 14.0. The molecule has 0 radical (unpaired) electrons. The topological polar surface area (TPSA) is 71.4 Å². The molecule has 1 N–H and O–H groups in total. The Labute approximate surface area is 117 Å². The first-order valence-corrected chi connectivity index (χ1v) is 6.86. The Balaban J connectivity index is 1.86. The van der Waals surface area contributed by atoms with E-state index in [4.69, 9.17) is 9.47 Å². The van der Waals surface area contributed by atoms with Crippen LogP contribution in [0.25, 0.3) is 0 Å². The number of amides is 1. The molecule has 0 bridgehead atoms. The van der Waals surface area contributed by atoms with E-state index in [2.05, 4.69) is 11.4 Å². The van der Waals surface area contributed by atoms with Crippen LogP contribution >= 0.6 is 0 Å². The fraction of sp³-hybridized carbons (Fsp3) is 0.467. The molecule has 2 aliphatic rings. The number of benzene rings is 1. The van der Waals surface area contributed by atoms with Gasteiger partial charge in [0, 0.05) is 0 Å². The summed E-state index contributed by atoms with van der Waals surface area (Å²) in [5.41, 5.74) is -0.293. The zero-order valence-electron chi connectivity index (χ0n) is 11.1. The van der Waals surface area contributed by atoms with E-state index in [1.54, 1.807) is 18.2 Å². The van der Waals surface area contributed by atoms with Crippen molar-refractivity contribution in [1.82, 2.24) is 5.32 Å². The molecule has 1 amide bonds. The van der Waals surface area contributed by atoms with Gasteiger partial charge in [0.05, 0.1) is 11.6 Å². The molecule has 1 saturated carbocycles. The third-order valence-corrected chi connectivity index (χ3v) is 3.83. The van der Waals surface area contributed by atoms with Crippen molar-refractivity contribution in [3.63, 3.8) is 0 Å². The molecule has 5 heteroatoms. The minimum Gasteiger partial charge on any atom is -0.486 e. The molecule has 1 aromatic carbocycles. The van der Waals surface area contributed by atoms with E-state index < -0.39 is 5.54 Å². The Bertz CT molecular complexity index is 571. The number of ether oxygens (including phenoxy) is 2. The molecule has 0 aromatic heterocycles. The molecule has 0 spiro atoms. The number of hydrogen-bond donors (Lipinski definition) is 1. The Kier molecular flexibility index (Phi) is 3.23. The average Bonchev–Trinajstić information content (AvgIpc) is 2.95. The van der Waals surface area contributed by atoms with Gasteiger partial charge in [-0.1, -0.05) is 6.07 Å². The van der Waals surface area contributed by atoms with Gasteiger partial charge in [-0.25, -0.2) is 0 Å². The van der Waals surface area contributed by atoms with Gasteiger partial charge in [-0.3, -0.25) is 4.79 Å². The lowest BCUT2D eigenvalue weighted by Crippen LogP contribution is -2.45. The van der Waals surface area contributed by atoms with Gasteiger partial charge in [0.1, 0.15) is 18.8 Å². The predicted molar refractivity (Wildman–Crippen MR) is 71.7 cm³/mol. The van der Waals surface area contributed by atoms with Gasteiger partial charge in [0.15, 0.2) is 11.5 Å². The summed E-state index contributed by atoms with van der Waals surface area (Å²) in [5.74, 6) is 0.791. The van der Waals surface area contributed by atoms with Crippen molar-refractivity contribution in [3.8, 4) is 17.6 Å². The number of nitrogens with one attached hydrogen (secondary N) is 1. The largest absolute Gasteiger partial charge is 0.486 e. The molecule has 3 rings (SSSR count). The van der Waals surface area contributed by atoms with Crippen molar-refractivity contribution in [2.75, 3.05) is 13.2 Å². The highest BCUT2D eigenvalue weighted by Gasteiger charge is 2.36. The smallest absolute Gasteiger partial charge is 0.256 e. The van der Waals surface area contributed by atoms with Crippen LogP contribution in [0, 0.1) is 11.3 Å². The van der Waals surface area contributed by atoms with Crippen LogP contribution in [0.15, 0.2) is 18.2 Å². The van der Waals surface area contributed by atoms with Crippen molar-refractivity contribution < 1.29 is 14.3 Å². The summed E-state index contributed by atoms with van der Waals surface area (Å²) in [6, 6.07) is 7.49. The van der Waals surface area contributed by atoms with Crippen LogP contribution in [-0.2, 0) is 0 Å². The molecule has 0 unspecified atom stereocenters. The Hall–Kier alpha value is -2.22. The summed E-state index contributed by atoms with van der Waals surface area (Å²) >= 11 is 0. The molecule has 1 heterocycles. The first-order valence-electron chi connectivity index (χ1n) is 6.86. The number of nitrogens with zero attached hydrogens (tertiary/aromatic N) is 1. The highest BCUT2D eigenvalue weighted by atomic mass is 16.6. The molecule has 104 valence electrons. The normalized spacial score (nSPS) is 19.1. The van der Waals surface area contributed by atoms with Crippen LogP contribution in [0.1, 0.15) is 36.0 Å². The molecular formula is C15H16N2O3. The summed E-state index contributed by atoms with van der Waals surface area (Å²) in [5, 5.41) is 12.2. The minimum atomic E-state index is -0.727. The molecule has 1 fully saturated rings. The van der Waals surface area contributed by atoms with E-state index in [0.717, 1.165) is 12.8 Å². The standard InChI is InChI=1S/C15H16N2O3/c16-10-15(6-1-2-7-15)17-14(18)11-4-3-5-12-13(11)20-9-8-19-12/h3-5H,1-2,6-9H2,(H,17,18). The second-order valence-corrected chi connectivity index (χ2v) is 5.18. The number of carbonyl (C=O) groups is 1. The molecular weight excluding hydrogens is 256 g/mol. The zero-order valence-corrected chi connectivity index (χ0v) is 11.1. The summed E-state index contributed by atoms with van der Waals surface area (Å²) in [4.78, 5) is 12.4. The van der Waals surface area contributed by atoms with Crippen LogP contribution < -0.4 is 14.8 Å². The highest BCUT2D eigenvalue weighted by Crippen LogP contribution is 2.35. The maximum Gasteiger partial charge on any atom is 0.256 e. The summed E-state index contributed by atoms with van der Waals surface area (Å²) in [7, 11) is 0. The van der Waals surface area contributed by atoms with Gasteiger partial charge < -0.3 is 14.8 Å². The van der Waals surface area contributed by atoms with E-state index in [1.807, 2.05) is 0 Å². The Morgan fingerprint density at radius 2 is 2.00 bits per heavy atom. The molecule has 5 nitrogen and oxygen atoms in total. The lowest BCUT2D eigenvalue weighted by atomic mass is 9.99. The molecule has 1 aliphatic carbocycles. The van der Waals surface area contributed by atoms with Crippen LogP contribution in [0.2, 0.25) is 0 Å². The number of para-hydroxylation sites is 1. The van der Waals surface area contributed by atoms with E-state index in [1.165, 1.54) is 0 Å². The van der Waals surface area contributed by atoms with Crippen LogP contribution in [0.3, 0.4) is 0 Å². The second-order valence-electron chi connectivity index (χ2n) is 5.18. The van der Waals surface area contributed by atoms with Crippen molar-refractivity contribution >= 4 is 5.91 Å². The summed E-state index contributed by atoms with van der Waals surface area (Å²) in [6.45, 7) is 0.918. The SMILES string of the molecule is N#CC1(NC(=O)c2cccc3c2OCCO3)CCCC1. The average molecular weight is 272 g/mol. The van der Waals surface area contributed by atoms with Crippen molar-refractivity contribution in [2.45, 2.75) is 31.2 Å². The predicted octanol–water partition coefficient (Wildman–Crippen LogP) is 2.02. The quantitative estimate of drug-likeness (QED) is 0.894. The minimum absolute atomic E-state index is 0.268. The Morgan fingerprint density at radius 3 is 2.75 bits per heavy atom. The number of hydrogen-bond acceptors (Lipinski definition) is 4. The summed E-state index contributed by atoms with van der Waals surface area (Å²) < 4.78 is 11.0. The van der Waals surface area contributed by atoms with E-state index in [0.29, 0.717) is 43.1 Å². The highest BCUT2D eigenvalue weighted by molar-refractivity contribution is 5.98. The maximum atomic E-state index is 12.4. The van der Waals surface area contributed by atoms with Crippen LogP contribution in [0.4, 0.5) is 0 Å². The van der Waals surface area contributed by atoms with E-state index in [9.17, 15) is 10.1 Å². The Morgan fingerprint density at radius 1 is 1.25 bits per heavy atom. The van der Waals surface area contributed by atoms with Gasteiger partial charge in [-0.15, -0.1) is 0 Å². The van der Waals surface area contributed by atoms with Gasteiger partial charge in [-0.2, -0.15) is 5.26 Å². The van der Waals surface area contributed by atoms with Crippen molar-refractivity contribution in [3.05, 3.63) is 23.8 Å². The maximum absolute atomic E-state index is 12.4. The number of fused-ring (bicyclic) bond motifs is 1. The van der Waals surface area contributed by atoms with Gasteiger partial charge in [0.2, 0.25) is 0 Å². The first kappa shape index (κ1) is 12.8. The van der Waals surface area contributed by atoms with E-state index in [-0.39, 0.29) is 5.91 Å². The van der Waals surface area contributed by atoms with Gasteiger partial charge in [0.25, 0.3) is 5.91 Å².